The number of para-hydroxylation sites is 2. The Morgan fingerprint density at radius 2 is 1.59 bits per heavy atom. The molecule has 0 aliphatic heterocycles. The maximum Gasteiger partial charge on any atom is 0.196 e. The van der Waals surface area contributed by atoms with Crippen molar-refractivity contribution in [3.63, 3.8) is 0 Å². The van der Waals surface area contributed by atoms with Crippen molar-refractivity contribution in [3.05, 3.63) is 173 Å². The minimum Gasteiger partial charge on any atom is -0.500 e. The average Bonchev–Trinajstić information content (AvgIpc) is 4.01. The van der Waals surface area contributed by atoms with Crippen molar-refractivity contribution in [2.24, 2.45) is 17.8 Å². The number of benzene rings is 3. The molecule has 0 radical (unpaired) electrons. The molecule has 2 saturated carbocycles. The van der Waals surface area contributed by atoms with Crippen LogP contribution in [-0.4, -0.2) is 23.3 Å². The summed E-state index contributed by atoms with van der Waals surface area (Å²) in [6.07, 6.45) is 25.4. The van der Waals surface area contributed by atoms with E-state index in [9.17, 15) is 4.79 Å². The number of hydrogen-bond donors (Lipinski definition) is 0. The number of carbonyl (C=O) groups excluding carboxylic acids is 1. The Bertz CT molecular complexity index is 1870. The standard InChI is InChI=1S/C42H38N2O2/c1-29-25-36(43(33-12-5-3-6-13-33)34-14-7-4-8-15-34)19-21-38(29)41(45)39-22-18-35(20-23-40(39)46-2)44(37-17-16-30-26-31(30)27-37)42-24-10-9-11-32(42)28-42/h3-22,24-25,27,30-32H,23,26,28H2,1-2H3. The van der Waals surface area contributed by atoms with Crippen LogP contribution in [0.15, 0.2) is 162 Å². The summed E-state index contributed by atoms with van der Waals surface area (Å²) >= 11 is 0. The molecule has 228 valence electrons. The maximum absolute atomic E-state index is 14.3. The second kappa shape index (κ2) is 11.4. The SMILES string of the molecule is COC1=C(C(=O)c2ccc(N(c3ccccc3)c3ccccc3)cc2C)C=CC(N(C2=CC3CC3C=C2)C23C=CC=CC2C3)=CC1. The minimum atomic E-state index is -0.0552. The number of carbonyl (C=O) groups is 1. The number of ether oxygens (including phenoxy) is 1. The lowest BCUT2D eigenvalue weighted by Gasteiger charge is -2.36. The highest BCUT2D eigenvalue weighted by atomic mass is 16.5. The number of nitrogens with zero attached hydrogens (tertiary/aromatic N) is 2. The number of aryl methyl sites for hydroxylation is 1. The Hall–Kier alpha value is -5.09. The van der Waals surface area contributed by atoms with Crippen molar-refractivity contribution in [2.75, 3.05) is 12.0 Å². The van der Waals surface area contributed by atoms with E-state index in [1.54, 1.807) is 7.11 Å². The third-order valence-electron chi connectivity index (χ3n) is 10.0. The van der Waals surface area contributed by atoms with Crippen LogP contribution in [0, 0.1) is 24.7 Å². The maximum atomic E-state index is 14.3. The molecule has 0 saturated heterocycles. The first-order valence-electron chi connectivity index (χ1n) is 16.3. The fourth-order valence-corrected chi connectivity index (χ4v) is 7.38. The van der Waals surface area contributed by atoms with Crippen molar-refractivity contribution in [2.45, 2.75) is 31.7 Å². The molecule has 5 aliphatic carbocycles. The van der Waals surface area contributed by atoms with E-state index in [0.29, 0.717) is 41.1 Å². The first-order chi connectivity index (χ1) is 22.6. The molecule has 0 bridgehead atoms. The number of methoxy groups -OCH3 is 1. The van der Waals surface area contributed by atoms with Crippen molar-refractivity contribution in [1.29, 1.82) is 0 Å². The second-order valence-corrected chi connectivity index (χ2v) is 12.9. The number of rotatable bonds is 9. The molecule has 4 unspecified atom stereocenters. The summed E-state index contributed by atoms with van der Waals surface area (Å²) in [7, 11) is 1.67. The van der Waals surface area contributed by atoms with Crippen LogP contribution >= 0.6 is 0 Å². The van der Waals surface area contributed by atoms with E-state index in [4.69, 9.17) is 4.74 Å². The van der Waals surface area contributed by atoms with Crippen LogP contribution in [-0.2, 0) is 4.74 Å². The predicted octanol–water partition coefficient (Wildman–Crippen LogP) is 9.67. The molecule has 0 amide bonds. The molecular weight excluding hydrogens is 564 g/mol. The lowest BCUT2D eigenvalue weighted by atomic mass is 9.96. The van der Waals surface area contributed by atoms with E-state index < -0.39 is 0 Å². The predicted molar refractivity (Wildman–Crippen MR) is 186 cm³/mol. The largest absolute Gasteiger partial charge is 0.500 e. The Labute approximate surface area is 271 Å². The molecule has 0 aromatic heterocycles. The van der Waals surface area contributed by atoms with Gasteiger partial charge in [-0.05, 0) is 97.9 Å². The van der Waals surface area contributed by atoms with Gasteiger partial charge in [-0.2, -0.15) is 0 Å². The van der Waals surface area contributed by atoms with Gasteiger partial charge in [-0.3, -0.25) is 4.79 Å². The van der Waals surface area contributed by atoms with E-state index in [2.05, 4.69) is 94.8 Å². The Morgan fingerprint density at radius 3 is 2.26 bits per heavy atom. The van der Waals surface area contributed by atoms with Crippen molar-refractivity contribution in [3.8, 4) is 0 Å². The first-order valence-corrected chi connectivity index (χ1v) is 16.3. The highest BCUT2D eigenvalue weighted by molar-refractivity contribution is 6.12. The highest BCUT2D eigenvalue weighted by Crippen LogP contribution is 2.57. The zero-order valence-corrected chi connectivity index (χ0v) is 26.3. The normalized spacial score (nSPS) is 25.1. The first kappa shape index (κ1) is 28.4. The van der Waals surface area contributed by atoms with Crippen LogP contribution in [0.3, 0.4) is 0 Å². The van der Waals surface area contributed by atoms with Crippen molar-refractivity contribution < 1.29 is 9.53 Å². The van der Waals surface area contributed by atoms with Crippen LogP contribution in [0.5, 0.6) is 0 Å². The van der Waals surface area contributed by atoms with Gasteiger partial charge in [0.2, 0.25) is 0 Å². The van der Waals surface area contributed by atoms with E-state index in [0.717, 1.165) is 34.7 Å². The van der Waals surface area contributed by atoms with E-state index >= 15 is 0 Å². The number of Topliss-reactive ketones (excluding diaryl/α,β-unsaturated/α-hetero) is 1. The number of fused-ring (bicyclic) bond motifs is 2. The van der Waals surface area contributed by atoms with Crippen molar-refractivity contribution >= 4 is 22.8 Å². The second-order valence-electron chi connectivity index (χ2n) is 12.9. The topological polar surface area (TPSA) is 32.8 Å². The quantitative estimate of drug-likeness (QED) is 0.228. The summed E-state index contributed by atoms with van der Waals surface area (Å²) in [5.41, 5.74) is 7.65. The van der Waals surface area contributed by atoms with Gasteiger partial charge in [0.1, 0.15) is 5.76 Å². The molecule has 0 spiro atoms. The number of anilines is 3. The van der Waals surface area contributed by atoms with Gasteiger partial charge in [0.15, 0.2) is 5.78 Å². The van der Waals surface area contributed by atoms with Crippen LogP contribution in [0.1, 0.15) is 35.2 Å². The summed E-state index contributed by atoms with van der Waals surface area (Å²) in [5, 5.41) is 0. The fraction of sp³-hybridized carbons (Fsp3) is 0.214. The van der Waals surface area contributed by atoms with Crippen LogP contribution in [0.2, 0.25) is 0 Å². The molecule has 3 aromatic rings. The summed E-state index contributed by atoms with van der Waals surface area (Å²) in [4.78, 5) is 19.0. The van der Waals surface area contributed by atoms with Gasteiger partial charge >= 0.3 is 0 Å². The van der Waals surface area contributed by atoms with Gasteiger partial charge in [-0.1, -0.05) is 78.9 Å². The lowest BCUT2D eigenvalue weighted by molar-refractivity contribution is 0.103. The third-order valence-corrected chi connectivity index (χ3v) is 10.0. The van der Waals surface area contributed by atoms with Gasteiger partial charge in [-0.25, -0.2) is 0 Å². The Morgan fingerprint density at radius 1 is 0.826 bits per heavy atom. The molecule has 4 atom stereocenters. The summed E-state index contributed by atoms with van der Waals surface area (Å²) in [5.74, 6) is 2.50. The Kier molecular flexibility index (Phi) is 7.01. The molecule has 0 heterocycles. The van der Waals surface area contributed by atoms with Gasteiger partial charge in [0, 0.05) is 46.4 Å². The molecule has 46 heavy (non-hydrogen) atoms. The third kappa shape index (κ3) is 4.99. The monoisotopic (exact) mass is 602 g/mol. The average molecular weight is 603 g/mol. The number of ketones is 1. The van der Waals surface area contributed by atoms with E-state index in [1.807, 2.05) is 61.5 Å². The van der Waals surface area contributed by atoms with E-state index in [-0.39, 0.29) is 11.3 Å². The van der Waals surface area contributed by atoms with Crippen LogP contribution < -0.4 is 4.90 Å². The molecule has 4 heteroatoms. The van der Waals surface area contributed by atoms with Gasteiger partial charge in [-0.15, -0.1) is 0 Å². The van der Waals surface area contributed by atoms with Gasteiger partial charge in [0.05, 0.1) is 18.2 Å². The van der Waals surface area contributed by atoms with Gasteiger partial charge < -0.3 is 14.5 Å². The number of hydrogen-bond acceptors (Lipinski definition) is 4. The number of allylic oxidation sites excluding steroid dienone is 9. The summed E-state index contributed by atoms with van der Waals surface area (Å²) in [6, 6.07) is 26.8. The fourth-order valence-electron chi connectivity index (χ4n) is 7.38. The molecule has 5 aliphatic rings. The van der Waals surface area contributed by atoms with Crippen molar-refractivity contribution in [1.82, 2.24) is 4.90 Å². The summed E-state index contributed by atoms with van der Waals surface area (Å²) < 4.78 is 5.90. The molecule has 3 aromatic carbocycles. The molecule has 8 rings (SSSR count). The summed E-state index contributed by atoms with van der Waals surface area (Å²) in [6.45, 7) is 2.02. The lowest BCUT2D eigenvalue weighted by Crippen LogP contribution is -2.36. The van der Waals surface area contributed by atoms with Crippen LogP contribution in [0.4, 0.5) is 17.1 Å². The molecule has 0 N–H and O–H groups in total. The zero-order valence-electron chi connectivity index (χ0n) is 26.3. The van der Waals surface area contributed by atoms with Crippen LogP contribution in [0.25, 0.3) is 0 Å². The molecular formula is C42H38N2O2. The zero-order chi connectivity index (χ0) is 31.3. The van der Waals surface area contributed by atoms with E-state index in [1.165, 1.54) is 12.1 Å². The highest BCUT2D eigenvalue weighted by Gasteiger charge is 2.57. The molecule has 4 nitrogen and oxygen atoms in total. The van der Waals surface area contributed by atoms with Gasteiger partial charge in [0.25, 0.3) is 0 Å². The minimum absolute atomic E-state index is 0.0233. The molecule has 2 fully saturated rings. The Balaban J connectivity index is 1.11. The smallest absolute Gasteiger partial charge is 0.196 e.